The Bertz CT molecular complexity index is 1060. The Balaban J connectivity index is 0.000000262. The summed E-state index contributed by atoms with van der Waals surface area (Å²) >= 11 is 0. The Morgan fingerprint density at radius 3 is 1.93 bits per heavy atom. The summed E-state index contributed by atoms with van der Waals surface area (Å²) in [6.45, 7) is 5.61. The molecule has 0 aromatic heterocycles. The van der Waals surface area contributed by atoms with Crippen molar-refractivity contribution in [2.24, 2.45) is 28.6 Å². The van der Waals surface area contributed by atoms with Crippen LogP contribution in [0.4, 0.5) is 0 Å². The van der Waals surface area contributed by atoms with Crippen molar-refractivity contribution in [2.75, 3.05) is 6.61 Å². The number of aliphatic carboxylic acids is 1. The molecule has 7 nitrogen and oxygen atoms in total. The van der Waals surface area contributed by atoms with Crippen LogP contribution in [0.1, 0.15) is 156 Å². The number of fused-ring (bicyclic) bond motifs is 5. The van der Waals surface area contributed by atoms with Crippen LogP contribution in [-0.4, -0.2) is 56.3 Å². The molecule has 0 aromatic rings. The second kappa shape index (κ2) is 18.1. The van der Waals surface area contributed by atoms with E-state index in [1.807, 2.05) is 13.0 Å². The molecule has 0 aliphatic heterocycles. The van der Waals surface area contributed by atoms with Crippen molar-refractivity contribution in [1.29, 1.82) is 0 Å². The molecule has 262 valence electrons. The maximum Gasteiger partial charge on any atom is 0.303 e. The number of carboxylic acids is 1. The molecule has 0 bridgehead atoms. The molecule has 7 heteroatoms. The van der Waals surface area contributed by atoms with E-state index in [1.54, 1.807) is 12.2 Å². The van der Waals surface area contributed by atoms with Gasteiger partial charge in [-0.1, -0.05) is 122 Å². The lowest BCUT2D eigenvalue weighted by molar-refractivity contribution is -0.178. The predicted molar refractivity (Wildman–Crippen MR) is 182 cm³/mol. The van der Waals surface area contributed by atoms with Gasteiger partial charge in [-0.15, -0.1) is 0 Å². The summed E-state index contributed by atoms with van der Waals surface area (Å²) in [5, 5.41) is 40.2. The lowest BCUT2D eigenvalue weighted by Crippen LogP contribution is -2.61. The standard InChI is InChI=1S/C21H28O5.C18H36O2/c1-19-7-5-13(23)9-12(19)3-4-14-15-6-8-21(26,17(25)11-22)20(15,2)10-16(24)18(14)19;1-2-3-4-5-6-7-8-9-10-11-12-13-14-15-16-17-18(19)20/h5,7,9,14-16,18,22,24,26H,3-4,6,8,10-11H2,1-2H3;2-17H2,1H3,(H,19,20)/t14-,15-,16-,18+,19-,20-,21-;/m0./s1. The number of rotatable bonds is 18. The van der Waals surface area contributed by atoms with Crippen molar-refractivity contribution in [3.05, 3.63) is 23.8 Å². The molecule has 0 amide bonds. The van der Waals surface area contributed by atoms with E-state index in [2.05, 4.69) is 13.8 Å². The van der Waals surface area contributed by atoms with E-state index in [0.717, 1.165) is 37.7 Å². The molecule has 46 heavy (non-hydrogen) atoms. The Labute approximate surface area is 278 Å². The van der Waals surface area contributed by atoms with Gasteiger partial charge in [0.2, 0.25) is 0 Å². The van der Waals surface area contributed by atoms with Crippen molar-refractivity contribution in [2.45, 2.75) is 167 Å². The van der Waals surface area contributed by atoms with Crippen LogP contribution < -0.4 is 0 Å². The molecule has 0 radical (unpaired) electrons. The smallest absolute Gasteiger partial charge is 0.303 e. The van der Waals surface area contributed by atoms with Gasteiger partial charge in [0.05, 0.1) is 6.10 Å². The van der Waals surface area contributed by atoms with E-state index in [1.165, 1.54) is 83.5 Å². The first-order chi connectivity index (χ1) is 21.9. The highest BCUT2D eigenvalue weighted by atomic mass is 16.4. The van der Waals surface area contributed by atoms with Crippen LogP contribution in [0, 0.1) is 28.6 Å². The molecule has 7 atom stereocenters. The number of aliphatic hydroxyl groups is 3. The highest BCUT2D eigenvalue weighted by Crippen LogP contribution is 2.67. The van der Waals surface area contributed by atoms with Gasteiger partial charge in [0, 0.05) is 23.2 Å². The number of ketones is 2. The van der Waals surface area contributed by atoms with E-state index in [4.69, 9.17) is 5.11 Å². The summed E-state index contributed by atoms with van der Waals surface area (Å²) in [6.07, 6.45) is 27.9. The zero-order chi connectivity index (χ0) is 33.8. The van der Waals surface area contributed by atoms with Gasteiger partial charge in [-0.25, -0.2) is 0 Å². The van der Waals surface area contributed by atoms with Gasteiger partial charge in [0.15, 0.2) is 11.6 Å². The van der Waals surface area contributed by atoms with Gasteiger partial charge in [0.1, 0.15) is 12.2 Å². The maximum absolute atomic E-state index is 12.4. The Morgan fingerprint density at radius 2 is 1.41 bits per heavy atom. The van der Waals surface area contributed by atoms with E-state index < -0.39 is 35.5 Å². The van der Waals surface area contributed by atoms with Crippen LogP contribution in [0.3, 0.4) is 0 Å². The number of Topliss-reactive ketones (excluding diaryl/α,β-unsaturated/α-hetero) is 1. The first-order valence-corrected chi connectivity index (χ1v) is 18.6. The molecule has 4 aliphatic rings. The van der Waals surface area contributed by atoms with Crippen molar-refractivity contribution in [1.82, 2.24) is 0 Å². The van der Waals surface area contributed by atoms with Crippen molar-refractivity contribution >= 4 is 17.5 Å². The predicted octanol–water partition coefficient (Wildman–Crippen LogP) is 7.89. The number of carbonyl (C=O) groups excluding carboxylic acids is 2. The van der Waals surface area contributed by atoms with Gasteiger partial charge < -0.3 is 20.4 Å². The lowest BCUT2D eigenvalue weighted by atomic mass is 9.46. The monoisotopic (exact) mass is 644 g/mol. The average Bonchev–Trinajstić information content (AvgIpc) is 3.29. The van der Waals surface area contributed by atoms with Gasteiger partial charge in [-0.3, -0.25) is 14.4 Å². The molecule has 4 N–H and O–H groups in total. The maximum atomic E-state index is 12.4. The zero-order valence-corrected chi connectivity index (χ0v) is 29.1. The largest absolute Gasteiger partial charge is 0.481 e. The fraction of sp³-hybridized carbons (Fsp3) is 0.821. The normalized spacial score (nSPS) is 32.9. The number of hydrogen-bond donors (Lipinski definition) is 4. The van der Waals surface area contributed by atoms with Crippen LogP contribution in [0.25, 0.3) is 0 Å². The van der Waals surface area contributed by atoms with Gasteiger partial charge in [0.25, 0.3) is 0 Å². The number of hydrogen-bond acceptors (Lipinski definition) is 6. The summed E-state index contributed by atoms with van der Waals surface area (Å²) in [7, 11) is 0. The van der Waals surface area contributed by atoms with Crippen LogP contribution in [-0.2, 0) is 14.4 Å². The van der Waals surface area contributed by atoms with Crippen molar-refractivity contribution < 1.29 is 34.8 Å². The molecule has 0 aromatic carbocycles. The summed E-state index contributed by atoms with van der Waals surface area (Å²) in [5.41, 5.74) is -1.54. The molecule has 0 saturated heterocycles. The number of unbranched alkanes of at least 4 members (excludes halogenated alkanes) is 14. The molecule has 4 aliphatic carbocycles. The minimum atomic E-state index is -1.56. The number of aliphatic hydroxyl groups excluding tert-OH is 2. The second-order valence-corrected chi connectivity index (χ2v) is 15.3. The zero-order valence-electron chi connectivity index (χ0n) is 29.1. The third-order valence-electron chi connectivity index (χ3n) is 12.2. The molecule has 3 saturated carbocycles. The SMILES string of the molecule is CCCCCCCCCCCCCCCCCC(=O)O.C[C@]12C=CC(=O)C=C1CC[C@@H]1[C@@H]2[C@@H](O)C[C@@]2(C)[C@H]1CC[C@]2(O)C(=O)CO. The van der Waals surface area contributed by atoms with E-state index in [0.29, 0.717) is 19.3 Å². The van der Waals surface area contributed by atoms with Crippen LogP contribution in [0.15, 0.2) is 23.8 Å². The third kappa shape index (κ3) is 9.19. The molecule has 0 unspecified atom stereocenters. The van der Waals surface area contributed by atoms with Gasteiger partial charge in [-0.2, -0.15) is 0 Å². The molecular weight excluding hydrogens is 580 g/mol. The third-order valence-corrected chi connectivity index (χ3v) is 12.2. The summed E-state index contributed by atoms with van der Waals surface area (Å²) in [5.74, 6) is -0.880. The first-order valence-electron chi connectivity index (χ1n) is 18.6. The quantitative estimate of drug-likeness (QED) is 0.112. The fourth-order valence-corrected chi connectivity index (χ4v) is 9.57. The number of allylic oxidation sites excluding steroid dienone is 4. The minimum absolute atomic E-state index is 0.00912. The first kappa shape index (κ1) is 38.6. The minimum Gasteiger partial charge on any atom is -0.481 e. The molecular formula is C39H64O7. The lowest BCUT2D eigenvalue weighted by Gasteiger charge is -2.59. The average molecular weight is 645 g/mol. The second-order valence-electron chi connectivity index (χ2n) is 15.3. The Morgan fingerprint density at radius 1 is 0.870 bits per heavy atom. The highest BCUT2D eigenvalue weighted by Gasteiger charge is 2.67. The molecule has 4 rings (SSSR count). The summed E-state index contributed by atoms with van der Waals surface area (Å²) in [6, 6.07) is 0. The summed E-state index contributed by atoms with van der Waals surface area (Å²) < 4.78 is 0. The Hall–Kier alpha value is -1.83. The van der Waals surface area contributed by atoms with Gasteiger partial charge >= 0.3 is 5.97 Å². The number of carboxylic acid groups (broad SMARTS) is 1. The van der Waals surface area contributed by atoms with Crippen LogP contribution in [0.2, 0.25) is 0 Å². The van der Waals surface area contributed by atoms with E-state index in [-0.39, 0.29) is 29.0 Å². The van der Waals surface area contributed by atoms with E-state index in [9.17, 15) is 29.7 Å². The van der Waals surface area contributed by atoms with Gasteiger partial charge in [-0.05, 0) is 62.5 Å². The fourth-order valence-electron chi connectivity index (χ4n) is 9.57. The van der Waals surface area contributed by atoms with Crippen molar-refractivity contribution in [3.63, 3.8) is 0 Å². The number of carbonyl (C=O) groups is 3. The van der Waals surface area contributed by atoms with Crippen molar-refractivity contribution in [3.8, 4) is 0 Å². The van der Waals surface area contributed by atoms with Crippen LogP contribution in [0.5, 0.6) is 0 Å². The highest BCUT2D eigenvalue weighted by molar-refractivity contribution is 6.01. The molecule has 0 spiro atoms. The molecule has 3 fully saturated rings. The molecule has 0 heterocycles. The topological polar surface area (TPSA) is 132 Å². The van der Waals surface area contributed by atoms with Crippen LogP contribution >= 0.6 is 0 Å². The Kier molecular flexibility index (Phi) is 15.2. The summed E-state index contributed by atoms with van der Waals surface area (Å²) in [4.78, 5) is 34.5. The van der Waals surface area contributed by atoms with E-state index >= 15 is 0 Å².